The molecule has 2 rings (SSSR count). The number of nitrogens with zero attached hydrogens (tertiary/aromatic N) is 4. The molecule has 0 amide bonds. The molecule has 18 heavy (non-hydrogen) atoms. The molecule has 0 atom stereocenters. The first-order chi connectivity index (χ1) is 8.79. The van der Waals surface area contributed by atoms with E-state index in [0.717, 1.165) is 18.3 Å². The molecule has 0 saturated carbocycles. The average molecular weight is 264 g/mol. The van der Waals surface area contributed by atoms with Crippen LogP contribution < -0.4 is 10.6 Å². The van der Waals surface area contributed by atoms with Crippen molar-refractivity contribution >= 4 is 17.3 Å². The van der Waals surface area contributed by atoms with E-state index in [9.17, 15) is 0 Å². The molecule has 0 spiro atoms. The van der Waals surface area contributed by atoms with Crippen LogP contribution in [-0.4, -0.2) is 27.8 Å². The molecule has 0 unspecified atom stereocenters. The minimum Gasteiger partial charge on any atom is -0.352 e. The highest BCUT2D eigenvalue weighted by molar-refractivity contribution is 7.07. The van der Waals surface area contributed by atoms with E-state index in [4.69, 9.17) is 0 Å². The Morgan fingerprint density at radius 2 is 2.28 bits per heavy atom. The molecule has 0 aliphatic carbocycles. The van der Waals surface area contributed by atoms with Gasteiger partial charge in [0.2, 0.25) is 0 Å². The monoisotopic (exact) mass is 264 g/mol. The molecule has 0 saturated heterocycles. The number of rotatable bonds is 4. The number of aromatic nitrogens is 3. The Bertz CT molecular complexity index is 501. The first-order valence-corrected chi connectivity index (χ1v) is 6.52. The fourth-order valence-electron chi connectivity index (χ4n) is 1.44. The normalized spacial score (nSPS) is 11.6. The standard InChI is InChI=1S/C11H16N6S/c1-12-11(13-5-9-3-4-18-7-9)14-6-10-15-8-16-17(10)2/h3-4,7-8H,5-6H2,1-2H3,(H2,12,13,14). The lowest BCUT2D eigenvalue weighted by Crippen LogP contribution is -2.36. The summed E-state index contributed by atoms with van der Waals surface area (Å²) in [6.45, 7) is 1.36. The number of thiophene rings is 1. The third-order valence-electron chi connectivity index (χ3n) is 2.48. The van der Waals surface area contributed by atoms with Crippen molar-refractivity contribution in [3.05, 3.63) is 34.5 Å². The topological polar surface area (TPSA) is 67.1 Å². The van der Waals surface area contributed by atoms with Gasteiger partial charge in [-0.2, -0.15) is 16.4 Å². The Morgan fingerprint density at radius 1 is 1.44 bits per heavy atom. The molecule has 0 fully saturated rings. The summed E-state index contributed by atoms with van der Waals surface area (Å²) in [6, 6.07) is 2.09. The van der Waals surface area contributed by atoms with E-state index in [-0.39, 0.29) is 0 Å². The number of guanidine groups is 1. The Balaban J connectivity index is 1.81. The molecule has 2 heterocycles. The van der Waals surface area contributed by atoms with Crippen molar-refractivity contribution in [2.75, 3.05) is 7.05 Å². The minimum atomic E-state index is 0.597. The molecule has 6 nitrogen and oxygen atoms in total. The Hall–Kier alpha value is -1.89. The number of aliphatic imine (C=N–C) groups is 1. The molecule has 7 heteroatoms. The summed E-state index contributed by atoms with van der Waals surface area (Å²) in [6.07, 6.45) is 1.54. The lowest BCUT2D eigenvalue weighted by Gasteiger charge is -2.10. The van der Waals surface area contributed by atoms with Crippen LogP contribution in [0.4, 0.5) is 0 Å². The van der Waals surface area contributed by atoms with Gasteiger partial charge in [-0.1, -0.05) is 0 Å². The zero-order valence-electron chi connectivity index (χ0n) is 10.4. The highest BCUT2D eigenvalue weighted by atomic mass is 32.1. The van der Waals surface area contributed by atoms with Crippen LogP contribution in [-0.2, 0) is 20.1 Å². The van der Waals surface area contributed by atoms with Crippen LogP contribution in [0.5, 0.6) is 0 Å². The molecule has 0 aliphatic heterocycles. The van der Waals surface area contributed by atoms with Crippen molar-refractivity contribution in [1.82, 2.24) is 25.4 Å². The largest absolute Gasteiger partial charge is 0.352 e. The molecule has 0 aliphatic rings. The van der Waals surface area contributed by atoms with Gasteiger partial charge in [0.15, 0.2) is 5.96 Å². The maximum Gasteiger partial charge on any atom is 0.191 e. The average Bonchev–Trinajstić information content (AvgIpc) is 3.01. The summed E-state index contributed by atoms with van der Waals surface area (Å²) in [7, 11) is 3.62. The number of nitrogens with one attached hydrogen (secondary N) is 2. The maximum atomic E-state index is 4.16. The third kappa shape index (κ3) is 3.30. The van der Waals surface area contributed by atoms with Gasteiger partial charge in [0.05, 0.1) is 6.54 Å². The van der Waals surface area contributed by atoms with Crippen molar-refractivity contribution in [2.45, 2.75) is 13.1 Å². The summed E-state index contributed by atoms with van der Waals surface area (Å²) in [5.74, 6) is 1.62. The van der Waals surface area contributed by atoms with Crippen molar-refractivity contribution in [1.29, 1.82) is 0 Å². The second-order valence-electron chi connectivity index (χ2n) is 3.71. The molecule has 2 aromatic heterocycles. The molecule has 96 valence electrons. The van der Waals surface area contributed by atoms with Gasteiger partial charge in [0, 0.05) is 20.6 Å². The minimum absolute atomic E-state index is 0.597. The fraction of sp³-hybridized carbons (Fsp3) is 0.364. The highest BCUT2D eigenvalue weighted by Crippen LogP contribution is 2.04. The van der Waals surface area contributed by atoms with Gasteiger partial charge in [-0.3, -0.25) is 9.67 Å². The fourth-order valence-corrected chi connectivity index (χ4v) is 2.11. The zero-order chi connectivity index (χ0) is 12.8. The first-order valence-electron chi connectivity index (χ1n) is 5.58. The third-order valence-corrected chi connectivity index (χ3v) is 3.21. The molecule has 2 N–H and O–H groups in total. The lowest BCUT2D eigenvalue weighted by molar-refractivity contribution is 0.673. The van der Waals surface area contributed by atoms with Gasteiger partial charge in [-0.25, -0.2) is 4.98 Å². The summed E-state index contributed by atoms with van der Waals surface area (Å²) < 4.78 is 1.74. The Labute approximate surface area is 110 Å². The zero-order valence-corrected chi connectivity index (χ0v) is 11.2. The van der Waals surface area contributed by atoms with Crippen LogP contribution in [0.3, 0.4) is 0 Å². The van der Waals surface area contributed by atoms with Crippen LogP contribution in [0.25, 0.3) is 0 Å². The van der Waals surface area contributed by atoms with Crippen molar-refractivity contribution < 1.29 is 0 Å². The van der Waals surface area contributed by atoms with Gasteiger partial charge in [0.1, 0.15) is 12.2 Å². The van der Waals surface area contributed by atoms with Crippen molar-refractivity contribution in [3.8, 4) is 0 Å². The second kappa shape index (κ2) is 6.15. The highest BCUT2D eigenvalue weighted by Gasteiger charge is 2.02. The SMILES string of the molecule is CN=C(NCc1ccsc1)NCc1ncnn1C. The van der Waals surface area contributed by atoms with Crippen molar-refractivity contribution in [2.24, 2.45) is 12.0 Å². The van der Waals surface area contributed by atoms with Crippen LogP contribution in [0, 0.1) is 0 Å². The molecule has 0 aromatic carbocycles. The first kappa shape index (κ1) is 12.6. The number of hydrogen-bond acceptors (Lipinski definition) is 4. The van der Waals surface area contributed by atoms with E-state index in [0.29, 0.717) is 6.54 Å². The van der Waals surface area contributed by atoms with Gasteiger partial charge in [0.25, 0.3) is 0 Å². The Kier molecular flexibility index (Phi) is 4.30. The number of aryl methyl sites for hydroxylation is 1. The predicted octanol–water partition coefficient (Wildman–Crippen LogP) is 0.742. The summed E-state index contributed by atoms with van der Waals surface area (Å²) in [5, 5.41) is 14.6. The molecular weight excluding hydrogens is 248 g/mol. The molecule has 2 aromatic rings. The van der Waals surface area contributed by atoms with E-state index < -0.39 is 0 Å². The summed E-state index contributed by atoms with van der Waals surface area (Å²) in [5.41, 5.74) is 1.25. The van der Waals surface area contributed by atoms with E-state index in [1.54, 1.807) is 29.4 Å². The van der Waals surface area contributed by atoms with E-state index >= 15 is 0 Å². The van der Waals surface area contributed by atoms with Gasteiger partial charge >= 0.3 is 0 Å². The molecular formula is C11H16N6S. The van der Waals surface area contributed by atoms with Crippen LogP contribution in [0.1, 0.15) is 11.4 Å². The van der Waals surface area contributed by atoms with Crippen LogP contribution in [0.15, 0.2) is 28.1 Å². The molecule has 0 bridgehead atoms. The second-order valence-corrected chi connectivity index (χ2v) is 4.49. The summed E-state index contributed by atoms with van der Waals surface area (Å²) >= 11 is 1.69. The predicted molar refractivity (Wildman–Crippen MR) is 72.4 cm³/mol. The van der Waals surface area contributed by atoms with E-state index in [1.165, 1.54) is 5.56 Å². The van der Waals surface area contributed by atoms with E-state index in [1.807, 2.05) is 7.05 Å². The van der Waals surface area contributed by atoms with Crippen LogP contribution >= 0.6 is 11.3 Å². The Morgan fingerprint density at radius 3 is 2.89 bits per heavy atom. The van der Waals surface area contributed by atoms with Gasteiger partial charge in [-0.05, 0) is 22.4 Å². The quantitative estimate of drug-likeness (QED) is 0.631. The van der Waals surface area contributed by atoms with Gasteiger partial charge < -0.3 is 10.6 Å². The summed E-state index contributed by atoms with van der Waals surface area (Å²) in [4.78, 5) is 8.30. The molecule has 0 radical (unpaired) electrons. The smallest absolute Gasteiger partial charge is 0.191 e. The maximum absolute atomic E-state index is 4.16. The lowest BCUT2D eigenvalue weighted by atomic mass is 10.3. The van der Waals surface area contributed by atoms with Crippen molar-refractivity contribution in [3.63, 3.8) is 0 Å². The number of hydrogen-bond donors (Lipinski definition) is 2. The van der Waals surface area contributed by atoms with E-state index in [2.05, 4.69) is 42.5 Å². The van der Waals surface area contributed by atoms with Crippen LogP contribution in [0.2, 0.25) is 0 Å². The van der Waals surface area contributed by atoms with Gasteiger partial charge in [-0.15, -0.1) is 0 Å².